The van der Waals surface area contributed by atoms with Crippen LogP contribution in [0.15, 0.2) is 30.3 Å². The molecule has 0 aliphatic carbocycles. The molecule has 1 N–H and O–H groups in total. The Morgan fingerprint density at radius 2 is 2.17 bits per heavy atom. The smallest absolute Gasteiger partial charge is 0.325 e. The third-order valence-corrected chi connectivity index (χ3v) is 3.24. The van der Waals surface area contributed by atoms with Gasteiger partial charge in [-0.1, -0.05) is 30.3 Å². The van der Waals surface area contributed by atoms with Crippen LogP contribution in [-0.2, 0) is 9.53 Å². The molecule has 18 heavy (non-hydrogen) atoms. The molecule has 1 aromatic carbocycles. The second-order valence-electron chi connectivity index (χ2n) is 4.25. The van der Waals surface area contributed by atoms with Crippen LogP contribution in [0, 0.1) is 17.2 Å². The van der Waals surface area contributed by atoms with E-state index in [1.807, 2.05) is 30.3 Å². The maximum absolute atomic E-state index is 11.5. The van der Waals surface area contributed by atoms with E-state index in [1.165, 1.54) is 7.11 Å². The molecule has 0 radical (unpaired) electrons. The molecule has 0 aromatic heterocycles. The van der Waals surface area contributed by atoms with Crippen LogP contribution >= 0.6 is 0 Å². The van der Waals surface area contributed by atoms with Gasteiger partial charge in [-0.25, -0.2) is 0 Å². The van der Waals surface area contributed by atoms with Gasteiger partial charge in [0, 0.05) is 0 Å². The summed E-state index contributed by atoms with van der Waals surface area (Å²) in [5, 5.41) is 20.2. The Bertz CT molecular complexity index is 469. The average Bonchev–Trinajstić information content (AvgIpc) is 2.75. The van der Waals surface area contributed by atoms with Gasteiger partial charge >= 0.3 is 5.97 Å². The van der Waals surface area contributed by atoms with Crippen LogP contribution in [0.4, 0.5) is 0 Å². The monoisotopic (exact) mass is 246 g/mol. The fourth-order valence-electron chi connectivity index (χ4n) is 2.35. The quantitative estimate of drug-likeness (QED) is 0.800. The van der Waals surface area contributed by atoms with Crippen molar-refractivity contribution in [3.63, 3.8) is 0 Å². The first kappa shape index (κ1) is 12.6. The number of rotatable bonds is 2. The molecule has 0 unspecified atom stereocenters. The highest BCUT2D eigenvalue weighted by molar-refractivity contribution is 5.76. The van der Waals surface area contributed by atoms with Gasteiger partial charge < -0.3 is 9.94 Å². The van der Waals surface area contributed by atoms with Gasteiger partial charge in [0.05, 0.1) is 25.1 Å². The lowest BCUT2D eigenvalue weighted by atomic mass is 9.95. The van der Waals surface area contributed by atoms with E-state index >= 15 is 0 Å². The number of hydrogen-bond donors (Lipinski definition) is 1. The highest BCUT2D eigenvalue weighted by Crippen LogP contribution is 2.39. The van der Waals surface area contributed by atoms with Crippen LogP contribution in [-0.4, -0.2) is 29.4 Å². The van der Waals surface area contributed by atoms with Crippen molar-refractivity contribution in [2.24, 2.45) is 5.92 Å². The second-order valence-corrected chi connectivity index (χ2v) is 4.25. The van der Waals surface area contributed by atoms with Crippen LogP contribution in [0.3, 0.4) is 0 Å². The predicted molar refractivity (Wildman–Crippen MR) is 62.3 cm³/mol. The van der Waals surface area contributed by atoms with Crippen LogP contribution in [0.5, 0.6) is 0 Å². The summed E-state index contributed by atoms with van der Waals surface area (Å²) in [7, 11) is 1.27. The highest BCUT2D eigenvalue weighted by atomic mass is 16.5. The molecule has 5 nitrogen and oxygen atoms in total. The lowest BCUT2D eigenvalue weighted by Crippen LogP contribution is -2.35. The van der Waals surface area contributed by atoms with Crippen molar-refractivity contribution < 1.29 is 14.7 Å². The first-order valence-corrected chi connectivity index (χ1v) is 5.68. The number of methoxy groups -OCH3 is 1. The molecule has 1 fully saturated rings. The van der Waals surface area contributed by atoms with Crippen molar-refractivity contribution in [1.29, 1.82) is 5.26 Å². The minimum Gasteiger partial charge on any atom is -0.468 e. The normalized spacial score (nSPS) is 27.7. The number of benzene rings is 1. The molecule has 1 aromatic rings. The Morgan fingerprint density at radius 1 is 1.50 bits per heavy atom. The zero-order chi connectivity index (χ0) is 13.1. The number of carbonyl (C=O) groups excluding carboxylic acids is 1. The summed E-state index contributed by atoms with van der Waals surface area (Å²) in [5.74, 6) is -0.947. The summed E-state index contributed by atoms with van der Waals surface area (Å²) in [5.41, 5.74) is 0.818. The van der Waals surface area contributed by atoms with Crippen LogP contribution in [0.2, 0.25) is 0 Å². The van der Waals surface area contributed by atoms with E-state index in [4.69, 9.17) is 5.26 Å². The summed E-state index contributed by atoms with van der Waals surface area (Å²) >= 11 is 0. The van der Waals surface area contributed by atoms with Crippen LogP contribution in [0.25, 0.3) is 0 Å². The molecule has 0 bridgehead atoms. The standard InChI is InChI=1S/C13H14N2O3/c1-18-13(16)11-7-10(8-14)12(15(11)17)9-5-3-2-4-6-9/h2-6,10-12,17H,7H2,1H3/t10-,11-,12+/m0/s1. The molecule has 2 rings (SSSR count). The Labute approximate surface area is 105 Å². The average molecular weight is 246 g/mol. The minimum atomic E-state index is -0.773. The first-order chi connectivity index (χ1) is 8.69. The van der Waals surface area contributed by atoms with Crippen molar-refractivity contribution in [3.05, 3.63) is 35.9 Å². The van der Waals surface area contributed by atoms with Gasteiger partial charge in [-0.15, -0.1) is 0 Å². The summed E-state index contributed by atoms with van der Waals surface area (Å²) in [6, 6.07) is 10.1. The first-order valence-electron chi connectivity index (χ1n) is 5.68. The Hall–Kier alpha value is -1.90. The zero-order valence-electron chi connectivity index (χ0n) is 9.98. The maximum Gasteiger partial charge on any atom is 0.325 e. The number of esters is 1. The Morgan fingerprint density at radius 3 is 2.72 bits per heavy atom. The van der Waals surface area contributed by atoms with Gasteiger partial charge in [0.2, 0.25) is 0 Å². The Kier molecular flexibility index (Phi) is 3.60. The summed E-state index contributed by atoms with van der Waals surface area (Å²) in [6.45, 7) is 0. The molecule has 3 atom stereocenters. The van der Waals surface area contributed by atoms with E-state index in [0.717, 1.165) is 10.6 Å². The number of nitriles is 1. The number of nitrogens with zero attached hydrogens (tertiary/aromatic N) is 2. The van der Waals surface area contributed by atoms with Gasteiger partial charge in [-0.05, 0) is 12.0 Å². The van der Waals surface area contributed by atoms with Gasteiger partial charge in [0.15, 0.2) is 0 Å². The molecule has 0 saturated carbocycles. The van der Waals surface area contributed by atoms with Crippen LogP contribution in [0.1, 0.15) is 18.0 Å². The predicted octanol–water partition coefficient (Wildman–Crippen LogP) is 1.50. The van der Waals surface area contributed by atoms with Crippen molar-refractivity contribution in [2.75, 3.05) is 7.11 Å². The fraction of sp³-hybridized carbons (Fsp3) is 0.385. The van der Waals surface area contributed by atoms with Crippen molar-refractivity contribution in [3.8, 4) is 6.07 Å². The van der Waals surface area contributed by atoms with Gasteiger partial charge in [0.1, 0.15) is 6.04 Å². The number of hydrogen-bond acceptors (Lipinski definition) is 5. The third-order valence-electron chi connectivity index (χ3n) is 3.24. The van der Waals surface area contributed by atoms with E-state index in [1.54, 1.807) is 0 Å². The molecule has 5 heteroatoms. The molecule has 1 saturated heterocycles. The molecule has 94 valence electrons. The molecule has 1 aliphatic rings. The van der Waals surface area contributed by atoms with E-state index in [-0.39, 0.29) is 6.42 Å². The summed E-state index contributed by atoms with van der Waals surface area (Å²) < 4.78 is 4.63. The van der Waals surface area contributed by atoms with E-state index in [9.17, 15) is 10.0 Å². The molecule has 1 aliphatic heterocycles. The second kappa shape index (κ2) is 5.17. The van der Waals surface area contributed by atoms with Crippen LogP contribution < -0.4 is 0 Å². The summed E-state index contributed by atoms with van der Waals surface area (Å²) in [4.78, 5) is 11.5. The molecule has 1 heterocycles. The van der Waals surface area contributed by atoms with E-state index < -0.39 is 24.0 Å². The SMILES string of the molecule is COC(=O)[C@@H]1C[C@@H](C#N)[C@@H](c2ccccc2)N1O. The third kappa shape index (κ3) is 2.08. The maximum atomic E-state index is 11.5. The van der Waals surface area contributed by atoms with E-state index in [2.05, 4.69) is 10.8 Å². The Balaban J connectivity index is 2.30. The minimum absolute atomic E-state index is 0.277. The van der Waals surface area contributed by atoms with Crippen molar-refractivity contribution in [1.82, 2.24) is 5.06 Å². The van der Waals surface area contributed by atoms with Crippen molar-refractivity contribution >= 4 is 5.97 Å². The molecular formula is C13H14N2O3. The van der Waals surface area contributed by atoms with Gasteiger partial charge in [0.25, 0.3) is 0 Å². The van der Waals surface area contributed by atoms with E-state index in [0.29, 0.717) is 0 Å². The fourth-order valence-corrected chi connectivity index (χ4v) is 2.35. The van der Waals surface area contributed by atoms with Gasteiger partial charge in [-0.3, -0.25) is 4.79 Å². The number of ether oxygens (including phenoxy) is 1. The lowest BCUT2D eigenvalue weighted by molar-refractivity contribution is -0.174. The largest absolute Gasteiger partial charge is 0.468 e. The molecule has 0 spiro atoms. The van der Waals surface area contributed by atoms with Gasteiger partial charge in [-0.2, -0.15) is 10.3 Å². The lowest BCUT2D eigenvalue weighted by Gasteiger charge is -2.23. The molecular weight excluding hydrogens is 232 g/mol. The molecule has 0 amide bonds. The topological polar surface area (TPSA) is 73.6 Å². The van der Waals surface area contributed by atoms with Crippen molar-refractivity contribution in [2.45, 2.75) is 18.5 Å². The zero-order valence-corrected chi connectivity index (χ0v) is 9.98. The number of hydroxylamine groups is 2. The summed E-state index contributed by atoms with van der Waals surface area (Å²) in [6.07, 6.45) is 0.277. The number of carbonyl (C=O) groups is 1. The highest BCUT2D eigenvalue weighted by Gasteiger charge is 2.45.